The summed E-state index contributed by atoms with van der Waals surface area (Å²) in [4.78, 5) is 1.90. The largest absolute Gasteiger partial charge is 0.368 e. The molecule has 0 saturated heterocycles. The van der Waals surface area contributed by atoms with Crippen molar-refractivity contribution in [1.29, 1.82) is 0 Å². The Kier molecular flexibility index (Phi) is 1.05. The molecule has 13 heavy (non-hydrogen) atoms. The standard InChI is InChI=1S/C8H9N5/c9-8-11-10-7-6-2-1-3-12(6)4-5-13(7)8/h1-5,7,10H,(H2,9,11). The minimum atomic E-state index is 0.0556. The van der Waals surface area contributed by atoms with E-state index in [-0.39, 0.29) is 6.17 Å². The molecule has 3 rings (SSSR count). The lowest BCUT2D eigenvalue weighted by molar-refractivity contribution is 0.369. The van der Waals surface area contributed by atoms with E-state index in [0.29, 0.717) is 5.96 Å². The van der Waals surface area contributed by atoms with E-state index < -0.39 is 0 Å². The average molecular weight is 175 g/mol. The first-order valence-electron chi connectivity index (χ1n) is 4.08. The summed E-state index contributed by atoms with van der Waals surface area (Å²) in [6.45, 7) is 0. The SMILES string of the molecule is NC1=NNC2c3cccn3C=CN12. The zero-order valence-corrected chi connectivity index (χ0v) is 6.88. The van der Waals surface area contributed by atoms with Crippen LogP contribution >= 0.6 is 0 Å². The Hall–Kier alpha value is -1.91. The number of guanidine groups is 1. The molecule has 5 heteroatoms. The summed E-state index contributed by atoms with van der Waals surface area (Å²) in [6, 6.07) is 4.04. The Morgan fingerprint density at radius 1 is 1.46 bits per heavy atom. The van der Waals surface area contributed by atoms with Gasteiger partial charge >= 0.3 is 0 Å². The van der Waals surface area contributed by atoms with Gasteiger partial charge in [0.05, 0.1) is 5.69 Å². The molecule has 0 saturated carbocycles. The molecule has 1 unspecified atom stereocenters. The van der Waals surface area contributed by atoms with Gasteiger partial charge in [-0.3, -0.25) is 10.3 Å². The van der Waals surface area contributed by atoms with Gasteiger partial charge < -0.3 is 10.3 Å². The highest BCUT2D eigenvalue weighted by Gasteiger charge is 2.29. The number of hydrogen-bond acceptors (Lipinski definition) is 4. The van der Waals surface area contributed by atoms with Crippen LogP contribution in [0.4, 0.5) is 0 Å². The summed E-state index contributed by atoms with van der Waals surface area (Å²) in [5, 5.41) is 3.96. The zero-order valence-electron chi connectivity index (χ0n) is 6.88. The van der Waals surface area contributed by atoms with Crippen molar-refractivity contribution in [3.63, 3.8) is 0 Å². The Bertz CT molecular complexity index is 402. The molecule has 0 fully saturated rings. The number of nitrogens with two attached hydrogens (primary N) is 1. The van der Waals surface area contributed by atoms with Crippen molar-refractivity contribution in [2.45, 2.75) is 6.17 Å². The van der Waals surface area contributed by atoms with Gasteiger partial charge in [-0.15, -0.1) is 5.10 Å². The van der Waals surface area contributed by atoms with Crippen LogP contribution in [-0.2, 0) is 0 Å². The van der Waals surface area contributed by atoms with Gasteiger partial charge in [-0.1, -0.05) is 0 Å². The normalized spacial score (nSPS) is 23.5. The van der Waals surface area contributed by atoms with Crippen molar-refractivity contribution in [2.75, 3.05) is 0 Å². The van der Waals surface area contributed by atoms with Gasteiger partial charge in [-0.05, 0) is 12.1 Å². The molecule has 3 N–H and O–H groups in total. The number of nitrogens with one attached hydrogen (secondary N) is 1. The molecule has 66 valence electrons. The quantitative estimate of drug-likeness (QED) is 0.586. The van der Waals surface area contributed by atoms with Gasteiger partial charge in [0.2, 0.25) is 5.96 Å². The molecule has 1 aromatic rings. The third-order valence-corrected chi connectivity index (χ3v) is 2.32. The van der Waals surface area contributed by atoms with Crippen LogP contribution in [-0.4, -0.2) is 15.4 Å². The van der Waals surface area contributed by atoms with Crippen LogP contribution in [0.1, 0.15) is 11.9 Å². The van der Waals surface area contributed by atoms with Crippen LogP contribution in [0, 0.1) is 0 Å². The maximum Gasteiger partial charge on any atom is 0.219 e. The third-order valence-electron chi connectivity index (χ3n) is 2.32. The molecule has 0 aliphatic carbocycles. The number of fused-ring (bicyclic) bond motifs is 3. The molecule has 5 nitrogen and oxygen atoms in total. The highest BCUT2D eigenvalue weighted by molar-refractivity contribution is 5.81. The smallest absolute Gasteiger partial charge is 0.219 e. The Balaban J connectivity index is 2.11. The van der Waals surface area contributed by atoms with E-state index in [0.717, 1.165) is 5.69 Å². The number of hydrazone groups is 1. The number of aromatic nitrogens is 1. The molecular weight excluding hydrogens is 166 g/mol. The first-order valence-corrected chi connectivity index (χ1v) is 4.08. The van der Waals surface area contributed by atoms with E-state index in [9.17, 15) is 0 Å². The Morgan fingerprint density at radius 2 is 2.38 bits per heavy atom. The first-order chi connectivity index (χ1) is 6.36. The monoisotopic (exact) mass is 175 g/mol. The van der Waals surface area contributed by atoms with Crippen molar-refractivity contribution in [3.05, 3.63) is 30.2 Å². The summed E-state index contributed by atoms with van der Waals surface area (Å²) in [6.07, 6.45) is 5.93. The number of rotatable bonds is 0. The van der Waals surface area contributed by atoms with Crippen LogP contribution in [0.15, 0.2) is 29.6 Å². The summed E-state index contributed by atoms with van der Waals surface area (Å²) in [7, 11) is 0. The average Bonchev–Trinajstić information content (AvgIpc) is 2.70. The predicted octanol–water partition coefficient (Wildman–Crippen LogP) is 0.0634. The summed E-state index contributed by atoms with van der Waals surface area (Å²) in [5.74, 6) is 0.508. The summed E-state index contributed by atoms with van der Waals surface area (Å²) in [5.41, 5.74) is 9.78. The predicted molar refractivity (Wildman–Crippen MR) is 49.1 cm³/mol. The van der Waals surface area contributed by atoms with Crippen molar-refractivity contribution < 1.29 is 0 Å². The highest BCUT2D eigenvalue weighted by atomic mass is 15.5. The molecule has 2 aliphatic rings. The van der Waals surface area contributed by atoms with Gasteiger partial charge in [0.25, 0.3) is 0 Å². The third kappa shape index (κ3) is 0.729. The number of hydrogen-bond donors (Lipinski definition) is 2. The van der Waals surface area contributed by atoms with Crippen molar-refractivity contribution in [2.24, 2.45) is 10.8 Å². The lowest BCUT2D eigenvalue weighted by Crippen LogP contribution is -2.35. The highest BCUT2D eigenvalue weighted by Crippen LogP contribution is 2.26. The maximum absolute atomic E-state index is 5.67. The fourth-order valence-electron chi connectivity index (χ4n) is 1.67. The van der Waals surface area contributed by atoms with E-state index >= 15 is 0 Å². The second-order valence-electron chi connectivity index (χ2n) is 3.05. The van der Waals surface area contributed by atoms with Gasteiger partial charge in [0.1, 0.15) is 0 Å². The summed E-state index contributed by atoms with van der Waals surface area (Å²) >= 11 is 0. The lowest BCUT2D eigenvalue weighted by Gasteiger charge is -2.26. The van der Waals surface area contributed by atoms with E-state index in [1.807, 2.05) is 40.2 Å². The molecule has 1 aromatic heterocycles. The van der Waals surface area contributed by atoms with Crippen LogP contribution in [0.25, 0.3) is 6.20 Å². The fraction of sp³-hybridized carbons (Fsp3) is 0.125. The van der Waals surface area contributed by atoms with Gasteiger partial charge in [-0.25, -0.2) is 0 Å². The summed E-state index contributed by atoms with van der Waals surface area (Å²) < 4.78 is 2.04. The van der Waals surface area contributed by atoms with E-state index in [2.05, 4.69) is 10.5 Å². The molecule has 0 bridgehead atoms. The van der Waals surface area contributed by atoms with Crippen LogP contribution < -0.4 is 11.2 Å². The van der Waals surface area contributed by atoms with E-state index in [1.165, 1.54) is 0 Å². The van der Waals surface area contributed by atoms with Crippen molar-refractivity contribution >= 4 is 12.2 Å². The zero-order chi connectivity index (χ0) is 8.84. The second-order valence-corrected chi connectivity index (χ2v) is 3.05. The van der Waals surface area contributed by atoms with Crippen molar-refractivity contribution in [1.82, 2.24) is 14.9 Å². The molecule has 2 aliphatic heterocycles. The second kappa shape index (κ2) is 2.07. The lowest BCUT2D eigenvalue weighted by atomic mass is 10.3. The van der Waals surface area contributed by atoms with Crippen LogP contribution in [0.3, 0.4) is 0 Å². The Morgan fingerprint density at radius 3 is 3.31 bits per heavy atom. The van der Waals surface area contributed by atoms with Crippen LogP contribution in [0.5, 0.6) is 0 Å². The molecule has 0 amide bonds. The topological polar surface area (TPSA) is 58.6 Å². The Labute approximate surface area is 75.1 Å². The minimum absolute atomic E-state index is 0.0556. The molecule has 3 heterocycles. The first kappa shape index (κ1) is 6.59. The van der Waals surface area contributed by atoms with Gasteiger partial charge in [-0.2, -0.15) is 0 Å². The minimum Gasteiger partial charge on any atom is -0.368 e. The molecular formula is C8H9N5. The molecule has 0 aromatic carbocycles. The van der Waals surface area contributed by atoms with Crippen LogP contribution in [0.2, 0.25) is 0 Å². The van der Waals surface area contributed by atoms with Crippen molar-refractivity contribution in [3.8, 4) is 0 Å². The molecule has 1 atom stereocenters. The fourth-order valence-corrected chi connectivity index (χ4v) is 1.67. The van der Waals surface area contributed by atoms with Gasteiger partial charge in [0, 0.05) is 18.6 Å². The van der Waals surface area contributed by atoms with E-state index in [1.54, 1.807) is 0 Å². The number of nitrogens with zero attached hydrogens (tertiary/aromatic N) is 3. The van der Waals surface area contributed by atoms with E-state index in [4.69, 9.17) is 5.73 Å². The maximum atomic E-state index is 5.67. The van der Waals surface area contributed by atoms with Gasteiger partial charge in [0.15, 0.2) is 6.17 Å². The molecule has 0 spiro atoms. The molecule has 0 radical (unpaired) electrons.